The first kappa shape index (κ1) is 14.0. The van der Waals surface area contributed by atoms with Crippen LogP contribution in [0.5, 0.6) is 0 Å². The summed E-state index contributed by atoms with van der Waals surface area (Å²) in [6, 6.07) is 12.4. The van der Waals surface area contributed by atoms with Gasteiger partial charge in [0.05, 0.1) is 5.57 Å². The number of fused-ring (bicyclic) bond motifs is 1. The van der Waals surface area contributed by atoms with E-state index >= 15 is 0 Å². The fraction of sp³-hybridized carbons (Fsp3) is 0.444. The lowest BCUT2D eigenvalue weighted by molar-refractivity contribution is -0.128. The molecule has 1 fully saturated rings. The number of nitrogens with one attached hydrogen (secondary N) is 1. The lowest BCUT2D eigenvalue weighted by atomic mass is 9.52. The topological polar surface area (TPSA) is 52.9 Å². The molecule has 1 heterocycles. The van der Waals surface area contributed by atoms with Gasteiger partial charge in [-0.25, -0.2) is 0 Å². The Kier molecular flexibility index (Phi) is 3.22. The molecule has 2 aliphatic rings. The highest BCUT2D eigenvalue weighted by Crippen LogP contribution is 2.51. The van der Waals surface area contributed by atoms with Crippen LogP contribution in [0.2, 0.25) is 0 Å². The van der Waals surface area contributed by atoms with Gasteiger partial charge < -0.3 is 5.32 Å². The summed E-state index contributed by atoms with van der Waals surface area (Å²) in [6.07, 6.45) is 2.87. The summed E-state index contributed by atoms with van der Waals surface area (Å²) in [7, 11) is 0. The quantitative estimate of drug-likeness (QED) is 0.860. The molecule has 0 bridgehead atoms. The minimum Gasteiger partial charge on any atom is -0.316 e. The Balaban J connectivity index is 2.25. The molecule has 3 nitrogen and oxygen atoms in total. The van der Waals surface area contributed by atoms with Crippen molar-refractivity contribution in [1.82, 2.24) is 5.32 Å². The van der Waals surface area contributed by atoms with E-state index in [-0.39, 0.29) is 17.1 Å². The fourth-order valence-electron chi connectivity index (χ4n) is 4.13. The van der Waals surface area contributed by atoms with E-state index in [9.17, 15) is 10.1 Å². The Morgan fingerprint density at radius 3 is 2.67 bits per heavy atom. The van der Waals surface area contributed by atoms with E-state index in [4.69, 9.17) is 0 Å². The van der Waals surface area contributed by atoms with Crippen molar-refractivity contribution in [2.75, 3.05) is 13.1 Å². The van der Waals surface area contributed by atoms with Crippen molar-refractivity contribution in [2.45, 2.75) is 25.7 Å². The highest BCUT2D eigenvalue weighted by atomic mass is 16.1. The number of carbonyl (C=O) groups is 1. The average molecular weight is 280 g/mol. The number of rotatable bonds is 1. The Hall–Kier alpha value is -1.92. The molecule has 3 heteroatoms. The largest absolute Gasteiger partial charge is 0.316 e. The molecule has 1 aromatic carbocycles. The predicted molar refractivity (Wildman–Crippen MR) is 81.6 cm³/mol. The van der Waals surface area contributed by atoms with Gasteiger partial charge in [-0.1, -0.05) is 50.3 Å². The maximum Gasteiger partial charge on any atom is 0.178 e. The Labute approximate surface area is 125 Å². The van der Waals surface area contributed by atoms with Gasteiger partial charge in [0.25, 0.3) is 0 Å². The maximum absolute atomic E-state index is 12.6. The second kappa shape index (κ2) is 4.82. The Bertz CT molecular complexity index is 639. The molecule has 1 aliphatic heterocycles. The molecule has 0 spiro atoms. The van der Waals surface area contributed by atoms with Crippen molar-refractivity contribution < 1.29 is 4.79 Å². The van der Waals surface area contributed by atoms with Crippen molar-refractivity contribution in [1.29, 1.82) is 5.26 Å². The van der Waals surface area contributed by atoms with E-state index in [0.717, 1.165) is 19.5 Å². The van der Waals surface area contributed by atoms with E-state index in [2.05, 4.69) is 23.5 Å². The number of allylic oxidation sites excluding steroid dienone is 1. The van der Waals surface area contributed by atoms with E-state index in [0.29, 0.717) is 5.57 Å². The molecule has 1 N–H and O–H groups in total. The first-order valence-electron chi connectivity index (χ1n) is 7.46. The number of nitrogens with zero attached hydrogens (tertiary/aromatic N) is 1. The fourth-order valence-corrected chi connectivity index (χ4v) is 4.13. The summed E-state index contributed by atoms with van der Waals surface area (Å²) in [6.45, 7) is 5.69. The van der Waals surface area contributed by atoms with Crippen LogP contribution in [0.3, 0.4) is 0 Å². The van der Waals surface area contributed by atoms with Crippen LogP contribution in [-0.4, -0.2) is 18.9 Å². The van der Waals surface area contributed by atoms with Crippen LogP contribution in [-0.2, 0) is 10.2 Å². The van der Waals surface area contributed by atoms with Gasteiger partial charge in [-0.15, -0.1) is 0 Å². The third-order valence-corrected chi connectivity index (χ3v) is 5.18. The van der Waals surface area contributed by atoms with Crippen molar-refractivity contribution >= 4 is 5.78 Å². The van der Waals surface area contributed by atoms with Crippen LogP contribution in [0.25, 0.3) is 0 Å². The van der Waals surface area contributed by atoms with Crippen LogP contribution < -0.4 is 5.32 Å². The molecule has 21 heavy (non-hydrogen) atoms. The minimum atomic E-state index is -0.502. The maximum atomic E-state index is 12.6. The molecule has 3 rings (SSSR count). The minimum absolute atomic E-state index is 0.0107. The van der Waals surface area contributed by atoms with E-state index in [1.165, 1.54) is 5.56 Å². The summed E-state index contributed by atoms with van der Waals surface area (Å²) < 4.78 is 0. The zero-order valence-corrected chi connectivity index (χ0v) is 12.5. The molecule has 1 unspecified atom stereocenters. The van der Waals surface area contributed by atoms with Gasteiger partial charge in [-0.05, 0) is 24.4 Å². The van der Waals surface area contributed by atoms with Crippen LogP contribution >= 0.6 is 0 Å². The second-order valence-corrected chi connectivity index (χ2v) is 6.65. The van der Waals surface area contributed by atoms with Crippen molar-refractivity contribution in [3.63, 3.8) is 0 Å². The summed E-state index contributed by atoms with van der Waals surface area (Å²) in [5.41, 5.74) is 0.735. The van der Waals surface area contributed by atoms with Crippen LogP contribution in [0, 0.1) is 22.7 Å². The van der Waals surface area contributed by atoms with Crippen LogP contribution in [0.15, 0.2) is 42.0 Å². The number of hydrogen-bond acceptors (Lipinski definition) is 3. The number of piperidine rings is 1. The number of hydrogen-bond donors (Lipinski definition) is 1. The normalized spacial score (nSPS) is 31.0. The first-order valence-corrected chi connectivity index (χ1v) is 7.46. The van der Waals surface area contributed by atoms with E-state index < -0.39 is 5.41 Å². The molecule has 0 radical (unpaired) electrons. The molecule has 1 aliphatic carbocycles. The van der Waals surface area contributed by atoms with Gasteiger partial charge in [0.2, 0.25) is 0 Å². The third-order valence-electron chi connectivity index (χ3n) is 5.18. The zero-order chi connectivity index (χ0) is 15.1. The molecular weight excluding hydrogens is 260 g/mol. The third kappa shape index (κ3) is 1.94. The average Bonchev–Trinajstić information content (AvgIpc) is 2.52. The predicted octanol–water partition coefficient (Wildman–Crippen LogP) is 2.59. The second-order valence-electron chi connectivity index (χ2n) is 6.65. The summed E-state index contributed by atoms with van der Waals surface area (Å²) >= 11 is 0. The molecule has 1 aromatic rings. The van der Waals surface area contributed by atoms with Crippen molar-refractivity contribution in [3.05, 3.63) is 47.5 Å². The number of carbonyl (C=O) groups excluding carboxylic acids is 1. The molecular formula is C18H20N2O. The summed E-state index contributed by atoms with van der Waals surface area (Å²) in [4.78, 5) is 12.6. The first-order chi connectivity index (χ1) is 10.0. The Morgan fingerprint density at radius 1 is 1.29 bits per heavy atom. The van der Waals surface area contributed by atoms with Crippen molar-refractivity contribution in [3.8, 4) is 6.07 Å². The van der Waals surface area contributed by atoms with Gasteiger partial charge in [-0.2, -0.15) is 5.26 Å². The molecule has 0 amide bonds. The molecule has 1 saturated heterocycles. The SMILES string of the molecule is CC1(C)C(=O)C(C#N)=CC2(c3ccccc3)CNCC[C@@H]12. The lowest BCUT2D eigenvalue weighted by Gasteiger charge is -2.52. The lowest BCUT2D eigenvalue weighted by Crippen LogP contribution is -2.58. The highest BCUT2D eigenvalue weighted by molar-refractivity contribution is 6.04. The van der Waals surface area contributed by atoms with E-state index in [1.807, 2.05) is 38.1 Å². The van der Waals surface area contributed by atoms with Gasteiger partial charge in [0, 0.05) is 17.4 Å². The summed E-state index contributed by atoms with van der Waals surface area (Å²) in [5.74, 6) is 0.210. The molecule has 0 aromatic heterocycles. The standard InChI is InChI=1S/C18H20N2O/c1-17(2)15-8-9-20-12-18(15,10-13(11-19)16(17)21)14-6-4-3-5-7-14/h3-7,10,15,20H,8-9,12H2,1-2H3/t15-,18?/m0/s1. The van der Waals surface area contributed by atoms with E-state index in [1.54, 1.807) is 0 Å². The number of nitriles is 1. The smallest absolute Gasteiger partial charge is 0.178 e. The monoisotopic (exact) mass is 280 g/mol. The summed E-state index contributed by atoms with van der Waals surface area (Å²) in [5, 5.41) is 12.8. The number of Topliss-reactive ketones (excluding diaryl/α,β-unsaturated/α-hetero) is 1. The van der Waals surface area contributed by atoms with Crippen molar-refractivity contribution in [2.24, 2.45) is 11.3 Å². The highest BCUT2D eigenvalue weighted by Gasteiger charge is 2.54. The number of ketones is 1. The van der Waals surface area contributed by atoms with Crippen LogP contribution in [0.4, 0.5) is 0 Å². The molecule has 108 valence electrons. The van der Waals surface area contributed by atoms with Gasteiger partial charge in [-0.3, -0.25) is 4.79 Å². The van der Waals surface area contributed by atoms with Gasteiger partial charge in [0.15, 0.2) is 5.78 Å². The Morgan fingerprint density at radius 2 is 2.00 bits per heavy atom. The zero-order valence-electron chi connectivity index (χ0n) is 12.5. The molecule has 2 atom stereocenters. The van der Waals surface area contributed by atoms with Crippen LogP contribution in [0.1, 0.15) is 25.8 Å². The number of benzene rings is 1. The van der Waals surface area contributed by atoms with Gasteiger partial charge in [0.1, 0.15) is 6.07 Å². The molecule has 0 saturated carbocycles. The van der Waals surface area contributed by atoms with Gasteiger partial charge >= 0.3 is 0 Å².